The maximum absolute atomic E-state index is 13.5. The summed E-state index contributed by atoms with van der Waals surface area (Å²) in [5.41, 5.74) is 0. The Labute approximate surface area is 120 Å². The molecule has 1 N–H and O–H groups in total. The molecule has 21 heavy (non-hydrogen) atoms. The third kappa shape index (κ3) is 3.58. The Bertz CT molecular complexity index is 584. The van der Waals surface area contributed by atoms with E-state index in [4.69, 9.17) is 0 Å². The van der Waals surface area contributed by atoms with Gasteiger partial charge in [0.1, 0.15) is 0 Å². The van der Waals surface area contributed by atoms with Crippen LogP contribution in [0.3, 0.4) is 0 Å². The van der Waals surface area contributed by atoms with Gasteiger partial charge in [0.25, 0.3) is 0 Å². The average molecular weight is 297 g/mol. The van der Waals surface area contributed by atoms with Crippen molar-refractivity contribution in [1.29, 1.82) is 0 Å². The number of nitrogens with zero attached hydrogens (tertiary/aromatic N) is 7. The van der Waals surface area contributed by atoms with Crippen LogP contribution in [0.15, 0.2) is 9.98 Å². The predicted octanol–water partition coefficient (Wildman–Crippen LogP) is 0.695. The molecule has 0 amide bonds. The van der Waals surface area contributed by atoms with Gasteiger partial charge >= 0.3 is 12.2 Å². The largest absolute Gasteiger partial charge is 0.353 e. The zero-order chi connectivity index (χ0) is 15.6. The number of anilines is 2. The highest BCUT2D eigenvalue weighted by atomic mass is 19.1. The first-order valence-corrected chi connectivity index (χ1v) is 6.17. The molecule has 1 aromatic heterocycles. The van der Waals surface area contributed by atoms with Gasteiger partial charge in [-0.05, 0) is 13.8 Å². The summed E-state index contributed by atoms with van der Waals surface area (Å²) in [5.74, 6) is 0.201. The van der Waals surface area contributed by atoms with E-state index in [2.05, 4.69) is 30.3 Å². The summed E-state index contributed by atoms with van der Waals surface area (Å²) in [6.45, 7) is 4.83. The van der Waals surface area contributed by atoms with Gasteiger partial charge in [0, 0.05) is 20.1 Å². The van der Waals surface area contributed by atoms with Gasteiger partial charge in [-0.2, -0.15) is 28.7 Å². The fourth-order valence-corrected chi connectivity index (χ4v) is 1.47. The highest BCUT2D eigenvalue weighted by Gasteiger charge is 2.24. The predicted molar refractivity (Wildman–Crippen MR) is 75.1 cm³/mol. The Morgan fingerprint density at radius 1 is 1.19 bits per heavy atom. The van der Waals surface area contributed by atoms with Crippen molar-refractivity contribution in [1.82, 2.24) is 20.3 Å². The second kappa shape index (κ2) is 5.94. The van der Waals surface area contributed by atoms with Crippen molar-refractivity contribution >= 4 is 23.9 Å². The molecule has 0 aliphatic carbocycles. The zero-order valence-electron chi connectivity index (χ0n) is 12.0. The van der Waals surface area contributed by atoms with Crippen molar-refractivity contribution in [2.45, 2.75) is 19.9 Å². The summed E-state index contributed by atoms with van der Waals surface area (Å²) in [4.78, 5) is 21.1. The second-order valence-corrected chi connectivity index (χ2v) is 4.72. The monoisotopic (exact) mass is 297 g/mol. The highest BCUT2D eigenvalue weighted by Crippen LogP contribution is 2.17. The molecule has 2 rings (SSSR count). The Hall–Kier alpha value is -2.39. The molecule has 0 aromatic carbocycles. The molecule has 113 valence electrons. The van der Waals surface area contributed by atoms with E-state index < -0.39 is 12.2 Å². The van der Waals surface area contributed by atoms with Crippen molar-refractivity contribution in [3.63, 3.8) is 0 Å². The van der Waals surface area contributed by atoms with Crippen molar-refractivity contribution in [3.8, 4) is 0 Å². The van der Waals surface area contributed by atoms with E-state index in [0.29, 0.717) is 0 Å². The quantitative estimate of drug-likeness (QED) is 0.827. The first-order chi connectivity index (χ1) is 9.86. The summed E-state index contributed by atoms with van der Waals surface area (Å²) in [6.07, 6.45) is -1.85. The molecule has 1 radical (unpaired) electrons. The van der Waals surface area contributed by atoms with Crippen LogP contribution in [0.2, 0.25) is 0 Å². The van der Waals surface area contributed by atoms with Crippen LogP contribution in [0.1, 0.15) is 13.8 Å². The number of rotatable bonds is 3. The first-order valence-electron chi connectivity index (χ1n) is 6.17. The summed E-state index contributed by atoms with van der Waals surface area (Å²) in [5, 5.41) is 2.92. The van der Waals surface area contributed by atoms with E-state index in [1.165, 1.54) is 9.80 Å². The van der Waals surface area contributed by atoms with Crippen LogP contribution < -0.4 is 15.1 Å². The SMILES string of the molecule is CC(C)NC1=NC(F)=N[CH]N1c1nc(F)nc(N(C)C)n1. The summed E-state index contributed by atoms with van der Waals surface area (Å²) in [6, 6.07) is -0.0226. The molecule has 2 heterocycles. The van der Waals surface area contributed by atoms with Crippen LogP contribution in [-0.2, 0) is 0 Å². The lowest BCUT2D eigenvalue weighted by Gasteiger charge is -2.26. The number of hydrogen-bond acceptors (Lipinski definition) is 8. The molecule has 0 saturated carbocycles. The third-order valence-electron chi connectivity index (χ3n) is 2.32. The molecule has 0 unspecified atom stereocenters. The lowest BCUT2D eigenvalue weighted by Crippen LogP contribution is -2.45. The number of aliphatic imine (C=N–C) groups is 2. The molecule has 0 spiro atoms. The van der Waals surface area contributed by atoms with Crippen molar-refractivity contribution < 1.29 is 8.78 Å². The van der Waals surface area contributed by atoms with Gasteiger partial charge in [0.2, 0.25) is 17.9 Å². The molecule has 0 bridgehead atoms. The van der Waals surface area contributed by atoms with Crippen LogP contribution in [-0.4, -0.2) is 47.1 Å². The summed E-state index contributed by atoms with van der Waals surface area (Å²) >= 11 is 0. The Morgan fingerprint density at radius 3 is 2.52 bits per heavy atom. The molecule has 0 atom stereocenters. The molecular weight excluding hydrogens is 282 g/mol. The van der Waals surface area contributed by atoms with Gasteiger partial charge in [0.05, 0.1) is 0 Å². The van der Waals surface area contributed by atoms with E-state index in [9.17, 15) is 8.78 Å². The van der Waals surface area contributed by atoms with Crippen LogP contribution >= 0.6 is 0 Å². The molecule has 1 aromatic rings. The third-order valence-corrected chi connectivity index (χ3v) is 2.32. The van der Waals surface area contributed by atoms with Crippen molar-refractivity contribution in [2.75, 3.05) is 23.9 Å². The Kier molecular flexibility index (Phi) is 4.24. The van der Waals surface area contributed by atoms with E-state index >= 15 is 0 Å². The minimum Gasteiger partial charge on any atom is -0.353 e. The smallest absolute Gasteiger partial charge is 0.315 e. The minimum absolute atomic E-state index is 0.0226. The molecule has 0 saturated heterocycles. The lowest BCUT2D eigenvalue weighted by atomic mass is 10.4. The van der Waals surface area contributed by atoms with Gasteiger partial charge in [-0.15, -0.1) is 0 Å². The number of nitrogens with one attached hydrogen (secondary N) is 1. The van der Waals surface area contributed by atoms with Crippen LogP contribution in [0.5, 0.6) is 0 Å². The van der Waals surface area contributed by atoms with Crippen LogP contribution in [0, 0.1) is 12.7 Å². The maximum atomic E-state index is 13.5. The summed E-state index contributed by atoms with van der Waals surface area (Å²) < 4.78 is 26.7. The van der Waals surface area contributed by atoms with Gasteiger partial charge in [-0.25, -0.2) is 4.99 Å². The molecular formula is C11H15F2N8. The number of aromatic nitrogens is 3. The molecule has 10 heteroatoms. The fraction of sp³-hybridized carbons (Fsp3) is 0.455. The molecule has 8 nitrogen and oxygen atoms in total. The average Bonchev–Trinajstić information content (AvgIpc) is 2.37. The van der Waals surface area contributed by atoms with Crippen molar-refractivity contribution in [2.24, 2.45) is 9.98 Å². The maximum Gasteiger partial charge on any atom is 0.315 e. The second-order valence-electron chi connectivity index (χ2n) is 4.72. The topological polar surface area (TPSA) is 81.9 Å². The van der Waals surface area contributed by atoms with Gasteiger partial charge in [0.15, 0.2) is 6.67 Å². The van der Waals surface area contributed by atoms with E-state index in [0.717, 1.165) is 6.67 Å². The highest BCUT2D eigenvalue weighted by molar-refractivity contribution is 6.04. The van der Waals surface area contributed by atoms with Gasteiger partial charge in [-0.1, -0.05) is 0 Å². The first kappa shape index (κ1) is 15.0. The Balaban J connectivity index is 2.38. The van der Waals surface area contributed by atoms with Crippen LogP contribution in [0.25, 0.3) is 0 Å². The van der Waals surface area contributed by atoms with E-state index in [-0.39, 0.29) is 23.9 Å². The number of amidine groups is 1. The summed E-state index contributed by atoms with van der Waals surface area (Å²) in [7, 11) is 3.33. The standard InChI is InChI=1S/C11H15F2N8/c1-6(2)15-10-16-7(12)14-5-21(10)11-18-8(13)17-9(19-11)20(3)4/h5-6H,1-4H3,(H,14,15,16). The van der Waals surface area contributed by atoms with E-state index in [1.807, 2.05) is 13.8 Å². The molecule has 1 aliphatic heterocycles. The van der Waals surface area contributed by atoms with Gasteiger partial charge < -0.3 is 10.2 Å². The zero-order valence-corrected chi connectivity index (χ0v) is 12.0. The number of hydrogen-bond donors (Lipinski definition) is 1. The van der Waals surface area contributed by atoms with E-state index in [1.54, 1.807) is 14.1 Å². The molecule has 1 aliphatic rings. The van der Waals surface area contributed by atoms with Gasteiger partial charge in [-0.3, -0.25) is 4.90 Å². The fourth-order valence-electron chi connectivity index (χ4n) is 1.47. The number of halogens is 2. The number of guanidine groups is 1. The minimum atomic E-state index is -0.948. The lowest BCUT2D eigenvalue weighted by molar-refractivity contribution is 0.532. The molecule has 0 fully saturated rings. The van der Waals surface area contributed by atoms with Crippen molar-refractivity contribution in [3.05, 3.63) is 12.7 Å². The normalized spacial score (nSPS) is 14.9. The van der Waals surface area contributed by atoms with Crippen LogP contribution in [0.4, 0.5) is 20.7 Å². The Morgan fingerprint density at radius 2 is 1.90 bits per heavy atom.